The van der Waals surface area contributed by atoms with E-state index in [1.54, 1.807) is 0 Å². The van der Waals surface area contributed by atoms with Crippen molar-refractivity contribution in [1.29, 1.82) is 0 Å². The van der Waals surface area contributed by atoms with Crippen molar-refractivity contribution in [2.45, 2.75) is 24.5 Å². The molecule has 92 valence electrons. The molecule has 1 heterocycles. The maximum Gasteiger partial charge on any atom is 0.0896 e. The fourth-order valence-electron chi connectivity index (χ4n) is 2.38. The lowest BCUT2D eigenvalue weighted by Gasteiger charge is -2.16. The normalized spacial score (nSPS) is 18.8. The van der Waals surface area contributed by atoms with E-state index in [2.05, 4.69) is 50.0 Å². The van der Waals surface area contributed by atoms with Gasteiger partial charge in [-0.3, -0.25) is 0 Å². The minimum absolute atomic E-state index is 0.957. The summed E-state index contributed by atoms with van der Waals surface area (Å²) in [6.45, 7) is 6.76. The highest BCUT2D eigenvalue weighted by Gasteiger charge is 2.32. The molecule has 0 bridgehead atoms. The third-order valence-electron chi connectivity index (χ3n) is 3.32. The average Bonchev–Trinajstić information content (AvgIpc) is 2.67. The Morgan fingerprint density at radius 1 is 1.00 bits per heavy atom. The molecule has 0 N–H and O–H groups in total. The number of benzene rings is 2. The summed E-state index contributed by atoms with van der Waals surface area (Å²) in [6.07, 6.45) is 2.16. The number of fused-ring (bicyclic) bond motifs is 3. The summed E-state index contributed by atoms with van der Waals surface area (Å²) < 4.78 is 13.9. The maximum absolute atomic E-state index is 12.7. The second kappa shape index (κ2) is 3.90. The molecule has 0 spiro atoms. The van der Waals surface area contributed by atoms with Gasteiger partial charge < -0.3 is 0 Å². The van der Waals surface area contributed by atoms with Gasteiger partial charge in [-0.05, 0) is 22.4 Å². The highest BCUT2D eigenvalue weighted by molar-refractivity contribution is 7.92. The van der Waals surface area contributed by atoms with E-state index < -0.39 is 18.9 Å². The standard InChI is InChI=1S/C15H16OSSi/c1-18(2,3)14-10-12-9-8-11-6-4-5-7-13(11)15(12)17(14)16/h4-10H,1-3H3. The quantitative estimate of drug-likeness (QED) is 0.712. The summed E-state index contributed by atoms with van der Waals surface area (Å²) in [5, 5.41) is 2.31. The van der Waals surface area contributed by atoms with Crippen LogP contribution < -0.4 is 0 Å². The monoisotopic (exact) mass is 272 g/mol. The Morgan fingerprint density at radius 2 is 1.72 bits per heavy atom. The van der Waals surface area contributed by atoms with E-state index in [1.807, 2.05) is 12.1 Å². The fourth-order valence-corrected chi connectivity index (χ4v) is 6.68. The molecule has 1 aliphatic heterocycles. The molecule has 2 aromatic rings. The zero-order valence-corrected chi connectivity index (χ0v) is 12.7. The molecule has 2 aromatic carbocycles. The first-order valence-corrected chi connectivity index (χ1v) is 10.8. The topological polar surface area (TPSA) is 17.1 Å². The van der Waals surface area contributed by atoms with Gasteiger partial charge >= 0.3 is 0 Å². The minimum atomic E-state index is -1.51. The number of rotatable bonds is 1. The van der Waals surface area contributed by atoms with E-state index in [1.165, 1.54) is 5.39 Å². The SMILES string of the molecule is C[Si](C)(C)C1=Cc2ccc3ccccc3c2S1=O. The van der Waals surface area contributed by atoms with Crippen LogP contribution in [0.5, 0.6) is 0 Å². The molecule has 3 rings (SSSR count). The molecule has 1 aliphatic rings. The van der Waals surface area contributed by atoms with Gasteiger partial charge in [-0.15, -0.1) is 0 Å². The first kappa shape index (κ1) is 11.9. The summed E-state index contributed by atoms with van der Waals surface area (Å²) in [5.74, 6) is 0. The molecule has 0 saturated carbocycles. The molecular formula is C15H16OSSi. The molecule has 0 amide bonds. The fraction of sp³-hybridized carbons (Fsp3) is 0.200. The lowest BCUT2D eigenvalue weighted by molar-refractivity contribution is 0.689. The van der Waals surface area contributed by atoms with Crippen molar-refractivity contribution in [3.63, 3.8) is 0 Å². The van der Waals surface area contributed by atoms with Crippen molar-refractivity contribution in [2.75, 3.05) is 0 Å². The molecule has 0 radical (unpaired) electrons. The molecule has 18 heavy (non-hydrogen) atoms. The van der Waals surface area contributed by atoms with Crippen molar-refractivity contribution in [3.8, 4) is 0 Å². The number of hydrogen-bond acceptors (Lipinski definition) is 1. The highest BCUT2D eigenvalue weighted by Crippen LogP contribution is 2.38. The van der Waals surface area contributed by atoms with Crippen LogP contribution >= 0.6 is 0 Å². The Bertz CT molecular complexity index is 695. The molecule has 1 atom stereocenters. The Kier molecular flexibility index (Phi) is 2.57. The van der Waals surface area contributed by atoms with Crippen molar-refractivity contribution in [2.24, 2.45) is 0 Å². The van der Waals surface area contributed by atoms with Crippen LogP contribution in [0.4, 0.5) is 0 Å². The Labute approximate surface area is 111 Å². The Balaban J connectivity index is 2.28. The third kappa shape index (κ3) is 1.70. The van der Waals surface area contributed by atoms with Crippen LogP contribution in [0.15, 0.2) is 45.8 Å². The van der Waals surface area contributed by atoms with Crippen LogP contribution in [-0.2, 0) is 10.8 Å². The van der Waals surface area contributed by atoms with Crippen LogP contribution in [0.25, 0.3) is 16.8 Å². The van der Waals surface area contributed by atoms with E-state index >= 15 is 0 Å². The highest BCUT2D eigenvalue weighted by atomic mass is 32.2. The molecule has 1 unspecified atom stereocenters. The van der Waals surface area contributed by atoms with E-state index in [4.69, 9.17) is 0 Å². The lowest BCUT2D eigenvalue weighted by atomic mass is 10.1. The van der Waals surface area contributed by atoms with Gasteiger partial charge in [0.1, 0.15) is 0 Å². The van der Waals surface area contributed by atoms with Crippen molar-refractivity contribution < 1.29 is 4.21 Å². The minimum Gasteiger partial charge on any atom is -0.250 e. The molecule has 0 saturated heterocycles. The van der Waals surface area contributed by atoms with Gasteiger partial charge in [0.2, 0.25) is 0 Å². The lowest BCUT2D eigenvalue weighted by Crippen LogP contribution is -2.25. The molecular weight excluding hydrogens is 256 g/mol. The molecule has 0 aliphatic carbocycles. The summed E-state index contributed by atoms with van der Waals surface area (Å²) >= 11 is 0. The van der Waals surface area contributed by atoms with Gasteiger partial charge in [0.15, 0.2) is 0 Å². The van der Waals surface area contributed by atoms with E-state index in [0.29, 0.717) is 0 Å². The van der Waals surface area contributed by atoms with Gasteiger partial charge in [-0.2, -0.15) is 0 Å². The van der Waals surface area contributed by atoms with Crippen LogP contribution in [0.1, 0.15) is 5.56 Å². The van der Waals surface area contributed by atoms with Gasteiger partial charge in [-0.25, -0.2) is 4.21 Å². The largest absolute Gasteiger partial charge is 0.250 e. The average molecular weight is 272 g/mol. The molecule has 1 nitrogen and oxygen atoms in total. The van der Waals surface area contributed by atoms with Gasteiger partial charge in [0.25, 0.3) is 0 Å². The predicted octanol–water partition coefficient (Wildman–Crippen LogP) is 4.18. The van der Waals surface area contributed by atoms with E-state index in [9.17, 15) is 4.21 Å². The smallest absolute Gasteiger partial charge is 0.0896 e. The second-order valence-corrected chi connectivity index (χ2v) is 12.5. The third-order valence-corrected chi connectivity index (χ3v) is 8.68. The summed E-state index contributed by atoms with van der Waals surface area (Å²) in [4.78, 5) is 1.02. The van der Waals surface area contributed by atoms with Gasteiger partial charge in [0.05, 0.1) is 23.8 Å². The van der Waals surface area contributed by atoms with E-state index in [0.717, 1.165) is 20.4 Å². The van der Waals surface area contributed by atoms with E-state index in [-0.39, 0.29) is 0 Å². The summed E-state index contributed by atoms with van der Waals surface area (Å²) in [5.41, 5.74) is 1.14. The number of hydrogen-bond donors (Lipinski definition) is 0. The zero-order chi connectivity index (χ0) is 12.9. The molecule has 0 aromatic heterocycles. The second-order valence-electron chi connectivity index (χ2n) is 5.73. The first-order valence-electron chi connectivity index (χ1n) is 6.14. The van der Waals surface area contributed by atoms with Crippen LogP contribution in [0.2, 0.25) is 19.6 Å². The van der Waals surface area contributed by atoms with Crippen LogP contribution in [-0.4, -0.2) is 12.3 Å². The summed E-state index contributed by atoms with van der Waals surface area (Å²) in [6, 6.07) is 12.4. The van der Waals surface area contributed by atoms with Crippen molar-refractivity contribution in [3.05, 3.63) is 46.5 Å². The van der Waals surface area contributed by atoms with Crippen LogP contribution in [0, 0.1) is 0 Å². The van der Waals surface area contributed by atoms with Crippen molar-refractivity contribution >= 4 is 35.7 Å². The zero-order valence-electron chi connectivity index (χ0n) is 10.9. The van der Waals surface area contributed by atoms with Gasteiger partial charge in [-0.1, -0.05) is 56.0 Å². The molecule has 0 fully saturated rings. The maximum atomic E-state index is 12.7. The Hall–Kier alpha value is -1.19. The van der Waals surface area contributed by atoms with Crippen LogP contribution in [0.3, 0.4) is 0 Å². The van der Waals surface area contributed by atoms with Gasteiger partial charge in [0, 0.05) is 4.53 Å². The van der Waals surface area contributed by atoms with Crippen molar-refractivity contribution in [1.82, 2.24) is 0 Å². The summed E-state index contributed by atoms with van der Waals surface area (Å²) in [7, 11) is -2.47. The first-order chi connectivity index (χ1) is 8.48. The molecule has 3 heteroatoms. The Morgan fingerprint density at radius 3 is 2.44 bits per heavy atom. The predicted molar refractivity (Wildman–Crippen MR) is 81.7 cm³/mol.